The number of nitrogens with zero attached hydrogens (tertiary/aromatic N) is 3. The van der Waals surface area contributed by atoms with Gasteiger partial charge in [0.15, 0.2) is 17.3 Å². The standard InChI is InChI=1S/C13H13F2N3O3/c1-21-6-5-10-12(13(19)20)16-17-18(10)7-8-3-2-4-9(14)11(8)15/h2-4H,5-7H2,1H3,(H,19,20). The summed E-state index contributed by atoms with van der Waals surface area (Å²) in [4.78, 5) is 11.1. The number of benzene rings is 1. The lowest BCUT2D eigenvalue weighted by molar-refractivity contribution is 0.0688. The second-order valence-electron chi connectivity index (χ2n) is 4.30. The Hall–Kier alpha value is -2.35. The first-order valence-corrected chi connectivity index (χ1v) is 6.12. The average Bonchev–Trinajstić information content (AvgIpc) is 2.84. The van der Waals surface area contributed by atoms with Crippen molar-refractivity contribution < 1.29 is 23.4 Å². The molecule has 21 heavy (non-hydrogen) atoms. The van der Waals surface area contributed by atoms with Crippen molar-refractivity contribution in [1.82, 2.24) is 15.0 Å². The highest BCUT2D eigenvalue weighted by Crippen LogP contribution is 2.15. The van der Waals surface area contributed by atoms with Crippen molar-refractivity contribution in [2.75, 3.05) is 13.7 Å². The van der Waals surface area contributed by atoms with Gasteiger partial charge < -0.3 is 9.84 Å². The van der Waals surface area contributed by atoms with Gasteiger partial charge in [-0.05, 0) is 6.07 Å². The van der Waals surface area contributed by atoms with Crippen LogP contribution >= 0.6 is 0 Å². The lowest BCUT2D eigenvalue weighted by atomic mass is 10.2. The molecule has 2 rings (SSSR count). The molecule has 0 saturated carbocycles. The molecule has 1 heterocycles. The van der Waals surface area contributed by atoms with Gasteiger partial charge in [-0.15, -0.1) is 5.10 Å². The molecule has 0 aliphatic carbocycles. The van der Waals surface area contributed by atoms with Crippen molar-refractivity contribution in [3.8, 4) is 0 Å². The maximum absolute atomic E-state index is 13.7. The highest BCUT2D eigenvalue weighted by atomic mass is 19.2. The molecule has 1 N–H and O–H groups in total. The van der Waals surface area contributed by atoms with Crippen LogP contribution in [0.2, 0.25) is 0 Å². The van der Waals surface area contributed by atoms with Crippen molar-refractivity contribution in [3.05, 3.63) is 46.8 Å². The van der Waals surface area contributed by atoms with Crippen LogP contribution in [0.25, 0.3) is 0 Å². The zero-order valence-corrected chi connectivity index (χ0v) is 11.2. The van der Waals surface area contributed by atoms with Gasteiger partial charge in [0.2, 0.25) is 0 Å². The van der Waals surface area contributed by atoms with Crippen molar-refractivity contribution in [3.63, 3.8) is 0 Å². The predicted octanol–water partition coefficient (Wildman–Crippen LogP) is 1.49. The lowest BCUT2D eigenvalue weighted by Gasteiger charge is -2.08. The van der Waals surface area contributed by atoms with Crippen molar-refractivity contribution >= 4 is 5.97 Å². The third kappa shape index (κ3) is 3.22. The molecule has 112 valence electrons. The number of halogens is 2. The predicted molar refractivity (Wildman–Crippen MR) is 68.0 cm³/mol. The summed E-state index contributed by atoms with van der Waals surface area (Å²) in [6, 6.07) is 3.78. The van der Waals surface area contributed by atoms with E-state index in [0.29, 0.717) is 5.69 Å². The van der Waals surface area contributed by atoms with Gasteiger partial charge >= 0.3 is 5.97 Å². The molecule has 6 nitrogen and oxygen atoms in total. The Labute approximate surface area is 119 Å². The molecule has 0 bridgehead atoms. The van der Waals surface area contributed by atoms with Crippen LogP contribution in [0.4, 0.5) is 8.78 Å². The highest BCUT2D eigenvalue weighted by Gasteiger charge is 2.20. The van der Waals surface area contributed by atoms with Gasteiger partial charge in [0.1, 0.15) is 0 Å². The molecule has 0 aliphatic heterocycles. The van der Waals surface area contributed by atoms with Gasteiger partial charge in [-0.2, -0.15) is 0 Å². The number of carbonyl (C=O) groups is 1. The van der Waals surface area contributed by atoms with Gasteiger partial charge in [0, 0.05) is 19.1 Å². The summed E-state index contributed by atoms with van der Waals surface area (Å²) < 4.78 is 33.0. The Morgan fingerprint density at radius 1 is 1.43 bits per heavy atom. The number of rotatable bonds is 6. The number of carboxylic acids is 1. The third-order valence-corrected chi connectivity index (χ3v) is 2.93. The fourth-order valence-corrected chi connectivity index (χ4v) is 1.90. The largest absolute Gasteiger partial charge is 0.476 e. The minimum Gasteiger partial charge on any atom is -0.476 e. The normalized spacial score (nSPS) is 10.8. The number of hydrogen-bond acceptors (Lipinski definition) is 4. The van der Waals surface area contributed by atoms with E-state index in [2.05, 4.69) is 10.3 Å². The lowest BCUT2D eigenvalue weighted by Crippen LogP contribution is -2.12. The second kappa shape index (κ2) is 6.40. The quantitative estimate of drug-likeness (QED) is 0.874. The van der Waals surface area contributed by atoms with Gasteiger partial charge in [0.25, 0.3) is 0 Å². The summed E-state index contributed by atoms with van der Waals surface area (Å²) in [5.74, 6) is -3.18. The molecule has 0 radical (unpaired) electrons. The van der Waals surface area contributed by atoms with Crippen molar-refractivity contribution in [2.45, 2.75) is 13.0 Å². The second-order valence-corrected chi connectivity index (χ2v) is 4.30. The molecule has 2 aromatic rings. The van der Waals surface area contributed by atoms with Crippen LogP contribution in [0.1, 0.15) is 21.7 Å². The van der Waals surface area contributed by atoms with Crippen LogP contribution in [0.3, 0.4) is 0 Å². The Kier molecular flexibility index (Phi) is 4.59. The van der Waals surface area contributed by atoms with Crippen LogP contribution in [-0.2, 0) is 17.7 Å². The maximum atomic E-state index is 13.7. The van der Waals surface area contributed by atoms with Crippen LogP contribution in [0.5, 0.6) is 0 Å². The Morgan fingerprint density at radius 3 is 2.86 bits per heavy atom. The van der Waals surface area contributed by atoms with Crippen LogP contribution in [0.15, 0.2) is 18.2 Å². The molecule has 0 atom stereocenters. The average molecular weight is 297 g/mol. The first-order valence-electron chi connectivity index (χ1n) is 6.12. The minimum absolute atomic E-state index is 0.0653. The summed E-state index contributed by atoms with van der Waals surface area (Å²) in [5, 5.41) is 16.3. The molecule has 8 heteroatoms. The SMILES string of the molecule is COCCc1c(C(=O)O)nnn1Cc1cccc(F)c1F. The zero-order valence-electron chi connectivity index (χ0n) is 11.2. The molecule has 0 amide bonds. The van der Waals surface area contributed by atoms with Gasteiger partial charge in [-0.1, -0.05) is 17.3 Å². The Morgan fingerprint density at radius 2 is 2.19 bits per heavy atom. The van der Waals surface area contributed by atoms with Crippen molar-refractivity contribution in [2.24, 2.45) is 0 Å². The molecule has 0 fully saturated rings. The number of ether oxygens (including phenoxy) is 1. The molecule has 1 aromatic heterocycles. The molecule has 0 unspecified atom stereocenters. The number of carboxylic acid groups (broad SMARTS) is 1. The van der Waals surface area contributed by atoms with Gasteiger partial charge in [-0.25, -0.2) is 18.3 Å². The molecular formula is C13H13F2N3O3. The highest BCUT2D eigenvalue weighted by molar-refractivity contribution is 5.86. The van der Waals surface area contributed by atoms with E-state index in [0.717, 1.165) is 6.07 Å². The van der Waals surface area contributed by atoms with E-state index >= 15 is 0 Å². The van der Waals surface area contributed by atoms with E-state index < -0.39 is 17.6 Å². The van der Waals surface area contributed by atoms with Crippen LogP contribution in [-0.4, -0.2) is 39.8 Å². The molecule has 0 saturated heterocycles. The monoisotopic (exact) mass is 297 g/mol. The number of methoxy groups -OCH3 is 1. The molecule has 1 aromatic carbocycles. The smallest absolute Gasteiger partial charge is 0.358 e. The summed E-state index contributed by atoms with van der Waals surface area (Å²) in [6.45, 7) is 0.155. The number of aromatic nitrogens is 3. The fourth-order valence-electron chi connectivity index (χ4n) is 1.90. The first-order chi connectivity index (χ1) is 10.0. The minimum atomic E-state index is -1.23. The molecule has 0 aliphatic rings. The maximum Gasteiger partial charge on any atom is 0.358 e. The Balaban J connectivity index is 2.35. The van der Waals surface area contributed by atoms with E-state index in [4.69, 9.17) is 9.84 Å². The number of hydrogen-bond donors (Lipinski definition) is 1. The summed E-state index contributed by atoms with van der Waals surface area (Å²) in [5.41, 5.74) is 0.146. The molecule has 0 spiro atoms. The van der Waals surface area contributed by atoms with Crippen molar-refractivity contribution in [1.29, 1.82) is 0 Å². The Bertz CT molecular complexity index is 658. The van der Waals surface area contributed by atoms with E-state index in [1.165, 1.54) is 23.9 Å². The van der Waals surface area contributed by atoms with Crippen LogP contribution in [0, 0.1) is 11.6 Å². The zero-order chi connectivity index (χ0) is 15.4. The van der Waals surface area contributed by atoms with E-state index in [-0.39, 0.29) is 30.8 Å². The van der Waals surface area contributed by atoms with Gasteiger partial charge in [-0.3, -0.25) is 0 Å². The number of aromatic carboxylic acids is 1. The summed E-state index contributed by atoms with van der Waals surface area (Å²) in [6.07, 6.45) is 0.252. The fraction of sp³-hybridized carbons (Fsp3) is 0.308. The first kappa shape index (κ1) is 15.0. The van der Waals surface area contributed by atoms with Gasteiger partial charge in [0.05, 0.1) is 18.8 Å². The van der Waals surface area contributed by atoms with E-state index in [9.17, 15) is 13.6 Å². The van der Waals surface area contributed by atoms with E-state index in [1.54, 1.807) is 0 Å². The topological polar surface area (TPSA) is 77.2 Å². The van der Waals surface area contributed by atoms with Crippen LogP contribution < -0.4 is 0 Å². The van der Waals surface area contributed by atoms with E-state index in [1.807, 2.05) is 0 Å². The summed E-state index contributed by atoms with van der Waals surface area (Å²) >= 11 is 0. The summed E-state index contributed by atoms with van der Waals surface area (Å²) in [7, 11) is 1.47. The third-order valence-electron chi connectivity index (χ3n) is 2.93. The molecular weight excluding hydrogens is 284 g/mol.